The first-order chi connectivity index (χ1) is 8.47. The van der Waals surface area contributed by atoms with Crippen LogP contribution >= 0.6 is 0 Å². The zero-order chi connectivity index (χ0) is 13.2. The van der Waals surface area contributed by atoms with Gasteiger partial charge in [-0.25, -0.2) is 4.98 Å². The van der Waals surface area contributed by atoms with Crippen LogP contribution in [0.1, 0.15) is 20.8 Å². The number of anilines is 1. The average Bonchev–Trinajstić information content (AvgIpc) is 2.81. The number of rotatable bonds is 4. The lowest BCUT2D eigenvalue weighted by molar-refractivity contribution is 0.0649. The third-order valence-electron chi connectivity index (χ3n) is 3.09. The van der Waals surface area contributed by atoms with Gasteiger partial charge in [0.2, 0.25) is 0 Å². The Morgan fingerprint density at radius 3 is 2.78 bits per heavy atom. The SMILES string of the molecule is CC(Nc1cccc(-n2ccnc2)c1)C(C)(C)O. The topological polar surface area (TPSA) is 50.1 Å². The normalized spacial score (nSPS) is 13.3. The molecular formula is C14H19N3O. The van der Waals surface area contributed by atoms with E-state index in [4.69, 9.17) is 0 Å². The minimum Gasteiger partial charge on any atom is -0.388 e. The molecule has 2 aromatic rings. The quantitative estimate of drug-likeness (QED) is 0.870. The van der Waals surface area contributed by atoms with E-state index in [1.807, 2.05) is 42.0 Å². The van der Waals surface area contributed by atoms with E-state index in [0.29, 0.717) is 0 Å². The molecule has 1 unspecified atom stereocenters. The lowest BCUT2D eigenvalue weighted by Gasteiger charge is -2.27. The van der Waals surface area contributed by atoms with Gasteiger partial charge in [0.25, 0.3) is 0 Å². The highest BCUT2D eigenvalue weighted by Crippen LogP contribution is 2.18. The van der Waals surface area contributed by atoms with Crippen LogP contribution in [0.25, 0.3) is 5.69 Å². The summed E-state index contributed by atoms with van der Waals surface area (Å²) in [6.45, 7) is 5.55. The van der Waals surface area contributed by atoms with Crippen molar-refractivity contribution < 1.29 is 5.11 Å². The number of nitrogens with one attached hydrogen (secondary N) is 1. The molecule has 0 amide bonds. The van der Waals surface area contributed by atoms with E-state index >= 15 is 0 Å². The van der Waals surface area contributed by atoms with Gasteiger partial charge in [0, 0.05) is 23.8 Å². The van der Waals surface area contributed by atoms with Crippen molar-refractivity contribution in [3.63, 3.8) is 0 Å². The molecule has 0 fully saturated rings. The first kappa shape index (κ1) is 12.6. The lowest BCUT2D eigenvalue weighted by Crippen LogP contribution is -2.39. The lowest BCUT2D eigenvalue weighted by atomic mass is 10.0. The second-order valence-electron chi connectivity index (χ2n) is 5.04. The molecule has 0 aliphatic carbocycles. The molecule has 1 aromatic heterocycles. The van der Waals surface area contributed by atoms with Crippen LogP contribution in [0.2, 0.25) is 0 Å². The van der Waals surface area contributed by atoms with E-state index < -0.39 is 5.60 Å². The van der Waals surface area contributed by atoms with E-state index in [1.54, 1.807) is 26.4 Å². The van der Waals surface area contributed by atoms with Crippen LogP contribution in [0, 0.1) is 0 Å². The summed E-state index contributed by atoms with van der Waals surface area (Å²) in [7, 11) is 0. The summed E-state index contributed by atoms with van der Waals surface area (Å²) in [5, 5.41) is 13.2. The molecule has 0 bridgehead atoms. The predicted octanol–water partition coefficient (Wildman–Crippen LogP) is 2.44. The van der Waals surface area contributed by atoms with Crippen LogP contribution in [0.4, 0.5) is 5.69 Å². The average molecular weight is 245 g/mol. The molecule has 0 saturated carbocycles. The molecule has 2 rings (SSSR count). The highest BCUT2D eigenvalue weighted by atomic mass is 16.3. The Bertz CT molecular complexity index is 500. The molecule has 1 heterocycles. The van der Waals surface area contributed by atoms with Gasteiger partial charge in [0.05, 0.1) is 18.0 Å². The number of aliphatic hydroxyl groups is 1. The van der Waals surface area contributed by atoms with Gasteiger partial charge in [-0.15, -0.1) is 0 Å². The number of nitrogens with zero attached hydrogens (tertiary/aromatic N) is 2. The maximum Gasteiger partial charge on any atom is 0.0991 e. The minimum atomic E-state index is -0.759. The van der Waals surface area contributed by atoms with Gasteiger partial charge >= 0.3 is 0 Å². The molecular weight excluding hydrogens is 226 g/mol. The Hall–Kier alpha value is -1.81. The second kappa shape index (κ2) is 4.82. The summed E-state index contributed by atoms with van der Waals surface area (Å²) in [6, 6.07) is 7.98. The van der Waals surface area contributed by atoms with Gasteiger partial charge in [0.15, 0.2) is 0 Å². The van der Waals surface area contributed by atoms with Gasteiger partial charge in [-0.05, 0) is 39.0 Å². The summed E-state index contributed by atoms with van der Waals surface area (Å²) >= 11 is 0. The molecule has 1 atom stereocenters. The summed E-state index contributed by atoms with van der Waals surface area (Å²) in [4.78, 5) is 4.03. The van der Waals surface area contributed by atoms with Gasteiger partial charge < -0.3 is 15.0 Å². The fraction of sp³-hybridized carbons (Fsp3) is 0.357. The monoisotopic (exact) mass is 245 g/mol. The fourth-order valence-electron chi connectivity index (χ4n) is 1.59. The summed E-state index contributed by atoms with van der Waals surface area (Å²) in [5.41, 5.74) is 1.27. The molecule has 96 valence electrons. The minimum absolute atomic E-state index is 0.0319. The van der Waals surface area contributed by atoms with E-state index in [9.17, 15) is 5.11 Å². The zero-order valence-corrected chi connectivity index (χ0v) is 11.0. The standard InChI is InChI=1S/C14H19N3O/c1-11(14(2,3)18)16-12-5-4-6-13(9-12)17-8-7-15-10-17/h4-11,16,18H,1-3H3. The molecule has 0 saturated heterocycles. The Kier molecular flexibility index (Phi) is 3.39. The van der Waals surface area contributed by atoms with Gasteiger partial charge in [0.1, 0.15) is 0 Å². The molecule has 1 aromatic carbocycles. The van der Waals surface area contributed by atoms with E-state index in [1.165, 1.54) is 0 Å². The molecule has 0 aliphatic rings. The van der Waals surface area contributed by atoms with Crippen molar-refractivity contribution in [1.82, 2.24) is 9.55 Å². The predicted molar refractivity (Wildman–Crippen MR) is 72.9 cm³/mol. The summed E-state index contributed by atoms with van der Waals surface area (Å²) in [5.74, 6) is 0. The highest BCUT2D eigenvalue weighted by Gasteiger charge is 2.21. The molecule has 0 aliphatic heterocycles. The van der Waals surface area contributed by atoms with Crippen molar-refractivity contribution in [3.8, 4) is 5.69 Å². The number of benzene rings is 1. The largest absolute Gasteiger partial charge is 0.388 e. The molecule has 2 N–H and O–H groups in total. The van der Waals surface area contributed by atoms with Crippen molar-refractivity contribution in [2.24, 2.45) is 0 Å². The van der Waals surface area contributed by atoms with Crippen LogP contribution in [0.15, 0.2) is 43.0 Å². The third kappa shape index (κ3) is 2.90. The van der Waals surface area contributed by atoms with E-state index in [-0.39, 0.29) is 6.04 Å². The molecule has 4 nitrogen and oxygen atoms in total. The molecule has 18 heavy (non-hydrogen) atoms. The number of imidazole rings is 1. The zero-order valence-electron chi connectivity index (χ0n) is 11.0. The van der Waals surface area contributed by atoms with E-state index in [0.717, 1.165) is 11.4 Å². The summed E-state index contributed by atoms with van der Waals surface area (Å²) in [6.07, 6.45) is 5.41. The van der Waals surface area contributed by atoms with Crippen LogP contribution in [0.3, 0.4) is 0 Å². The summed E-state index contributed by atoms with van der Waals surface area (Å²) < 4.78 is 1.94. The second-order valence-corrected chi connectivity index (χ2v) is 5.04. The van der Waals surface area contributed by atoms with Crippen LogP contribution < -0.4 is 5.32 Å². The third-order valence-corrected chi connectivity index (χ3v) is 3.09. The molecule has 4 heteroatoms. The Balaban J connectivity index is 2.18. The number of hydrogen-bond acceptors (Lipinski definition) is 3. The van der Waals surface area contributed by atoms with Crippen LogP contribution in [-0.2, 0) is 0 Å². The maximum absolute atomic E-state index is 9.92. The van der Waals surface area contributed by atoms with Gasteiger partial charge in [-0.1, -0.05) is 6.07 Å². The Morgan fingerprint density at radius 2 is 2.17 bits per heavy atom. The first-order valence-corrected chi connectivity index (χ1v) is 6.04. The highest BCUT2D eigenvalue weighted by molar-refractivity contribution is 5.51. The Labute approximate surface area is 107 Å². The fourth-order valence-corrected chi connectivity index (χ4v) is 1.59. The van der Waals surface area contributed by atoms with Gasteiger partial charge in [-0.3, -0.25) is 0 Å². The number of aromatic nitrogens is 2. The molecule has 0 radical (unpaired) electrons. The van der Waals surface area contributed by atoms with Crippen molar-refractivity contribution in [3.05, 3.63) is 43.0 Å². The maximum atomic E-state index is 9.92. The number of hydrogen-bond donors (Lipinski definition) is 2. The van der Waals surface area contributed by atoms with Crippen molar-refractivity contribution in [2.45, 2.75) is 32.4 Å². The van der Waals surface area contributed by atoms with Crippen LogP contribution in [0.5, 0.6) is 0 Å². The van der Waals surface area contributed by atoms with Gasteiger partial charge in [-0.2, -0.15) is 0 Å². The smallest absolute Gasteiger partial charge is 0.0991 e. The van der Waals surface area contributed by atoms with Crippen molar-refractivity contribution in [1.29, 1.82) is 0 Å². The first-order valence-electron chi connectivity index (χ1n) is 6.04. The molecule has 0 spiro atoms. The Morgan fingerprint density at radius 1 is 1.39 bits per heavy atom. The van der Waals surface area contributed by atoms with Crippen LogP contribution in [-0.4, -0.2) is 26.3 Å². The van der Waals surface area contributed by atoms with Crippen molar-refractivity contribution in [2.75, 3.05) is 5.32 Å². The van der Waals surface area contributed by atoms with Crippen molar-refractivity contribution >= 4 is 5.69 Å². The van der Waals surface area contributed by atoms with E-state index in [2.05, 4.69) is 10.3 Å².